The fourth-order valence-electron chi connectivity index (χ4n) is 3.10. The summed E-state index contributed by atoms with van der Waals surface area (Å²) >= 11 is 4.54. The Kier molecular flexibility index (Phi) is 4.75. The van der Waals surface area contributed by atoms with Gasteiger partial charge in [-0.15, -0.1) is 0 Å². The van der Waals surface area contributed by atoms with Crippen LogP contribution in [0.4, 0.5) is 0 Å². The second-order valence-corrected chi connectivity index (χ2v) is 6.27. The van der Waals surface area contributed by atoms with Crippen molar-refractivity contribution >= 4 is 12.6 Å². The van der Waals surface area contributed by atoms with Crippen molar-refractivity contribution in [3.8, 4) is 0 Å². The average molecular weight is 259 g/mol. The molecular weight excluding hydrogens is 234 g/mol. The van der Waals surface area contributed by atoms with Crippen molar-refractivity contribution in [3.05, 3.63) is 0 Å². The molecular formula is C13H25NO2S. The Morgan fingerprint density at radius 3 is 2.53 bits per heavy atom. The molecule has 0 spiro atoms. The van der Waals surface area contributed by atoms with E-state index in [1.165, 1.54) is 0 Å². The molecule has 0 aromatic rings. The first-order chi connectivity index (χ1) is 8.13. The zero-order valence-corrected chi connectivity index (χ0v) is 11.7. The van der Waals surface area contributed by atoms with E-state index in [0.29, 0.717) is 11.3 Å². The predicted octanol–water partition coefficient (Wildman–Crippen LogP) is 1.42. The molecule has 1 aliphatic heterocycles. The van der Waals surface area contributed by atoms with Gasteiger partial charge in [-0.3, -0.25) is 0 Å². The summed E-state index contributed by atoms with van der Waals surface area (Å²) in [7, 11) is 2.20. The summed E-state index contributed by atoms with van der Waals surface area (Å²) in [4.78, 5) is 2.43. The maximum atomic E-state index is 9.30. The van der Waals surface area contributed by atoms with Gasteiger partial charge in [0, 0.05) is 26.3 Å². The number of aliphatic hydroxyl groups is 1. The standard InChI is InChI=1S/C13H25NO2S/c1-14(8-11-6-12(15)7-11)9-13(10-17)2-4-16-5-3-13/h11-12,15,17H,2-10H2,1H3. The number of aliphatic hydroxyl groups excluding tert-OH is 1. The molecule has 2 fully saturated rings. The fraction of sp³-hybridized carbons (Fsp3) is 1.00. The van der Waals surface area contributed by atoms with Crippen LogP contribution < -0.4 is 0 Å². The number of hydrogen-bond acceptors (Lipinski definition) is 4. The Hall–Kier alpha value is 0.230. The van der Waals surface area contributed by atoms with Gasteiger partial charge >= 0.3 is 0 Å². The van der Waals surface area contributed by atoms with Crippen molar-refractivity contribution in [2.75, 3.05) is 39.1 Å². The first kappa shape index (κ1) is 13.7. The lowest BCUT2D eigenvalue weighted by Gasteiger charge is -2.41. The van der Waals surface area contributed by atoms with Crippen LogP contribution in [-0.2, 0) is 4.74 Å². The summed E-state index contributed by atoms with van der Waals surface area (Å²) in [6.07, 6.45) is 4.21. The Morgan fingerprint density at radius 2 is 2.00 bits per heavy atom. The molecule has 0 amide bonds. The highest BCUT2D eigenvalue weighted by Gasteiger charge is 2.34. The maximum absolute atomic E-state index is 9.30. The largest absolute Gasteiger partial charge is 0.393 e. The van der Waals surface area contributed by atoms with Gasteiger partial charge in [0.2, 0.25) is 0 Å². The van der Waals surface area contributed by atoms with Crippen molar-refractivity contribution in [1.82, 2.24) is 4.90 Å². The van der Waals surface area contributed by atoms with Crippen molar-refractivity contribution in [2.45, 2.75) is 31.8 Å². The van der Waals surface area contributed by atoms with Gasteiger partial charge in [-0.05, 0) is 49.8 Å². The molecule has 0 radical (unpaired) electrons. The van der Waals surface area contributed by atoms with E-state index in [1.807, 2.05) is 0 Å². The van der Waals surface area contributed by atoms with Crippen LogP contribution in [0.2, 0.25) is 0 Å². The average Bonchev–Trinajstić information content (AvgIpc) is 2.28. The van der Waals surface area contributed by atoms with Gasteiger partial charge in [0.25, 0.3) is 0 Å². The van der Waals surface area contributed by atoms with Gasteiger partial charge in [-0.2, -0.15) is 12.6 Å². The Bertz CT molecular complexity index is 238. The van der Waals surface area contributed by atoms with Gasteiger partial charge in [0.1, 0.15) is 0 Å². The van der Waals surface area contributed by atoms with Gasteiger partial charge < -0.3 is 14.7 Å². The summed E-state index contributed by atoms with van der Waals surface area (Å²) < 4.78 is 5.45. The molecule has 2 aliphatic rings. The van der Waals surface area contributed by atoms with E-state index in [4.69, 9.17) is 4.74 Å². The lowest BCUT2D eigenvalue weighted by Crippen LogP contribution is -2.45. The summed E-state index contributed by atoms with van der Waals surface area (Å²) in [6, 6.07) is 0. The van der Waals surface area contributed by atoms with Gasteiger partial charge in [-0.25, -0.2) is 0 Å². The van der Waals surface area contributed by atoms with Gasteiger partial charge in [0.15, 0.2) is 0 Å². The van der Waals surface area contributed by atoms with Crippen LogP contribution in [0.3, 0.4) is 0 Å². The quantitative estimate of drug-likeness (QED) is 0.733. The summed E-state index contributed by atoms with van der Waals surface area (Å²) in [5.74, 6) is 1.65. The summed E-state index contributed by atoms with van der Waals surface area (Å²) in [5.41, 5.74) is 0.346. The molecule has 1 N–H and O–H groups in total. The third kappa shape index (κ3) is 3.60. The Morgan fingerprint density at radius 1 is 1.35 bits per heavy atom. The van der Waals surface area contributed by atoms with Crippen molar-refractivity contribution < 1.29 is 9.84 Å². The molecule has 100 valence electrons. The molecule has 0 aromatic heterocycles. The minimum absolute atomic E-state index is 0.0321. The third-order valence-electron chi connectivity index (χ3n) is 4.27. The molecule has 1 aliphatic carbocycles. The molecule has 1 heterocycles. The number of hydrogen-bond donors (Lipinski definition) is 2. The zero-order valence-electron chi connectivity index (χ0n) is 10.8. The summed E-state index contributed by atoms with van der Waals surface area (Å²) in [5, 5.41) is 9.30. The van der Waals surface area contributed by atoms with Crippen molar-refractivity contribution in [3.63, 3.8) is 0 Å². The molecule has 0 atom stereocenters. The first-order valence-corrected chi connectivity index (χ1v) is 7.32. The van der Waals surface area contributed by atoms with E-state index in [2.05, 4.69) is 24.6 Å². The minimum Gasteiger partial charge on any atom is -0.393 e. The Labute approximate surface area is 110 Å². The van der Waals surface area contributed by atoms with Crippen LogP contribution in [0.15, 0.2) is 0 Å². The molecule has 2 rings (SSSR count). The highest BCUT2D eigenvalue weighted by Crippen LogP contribution is 2.34. The molecule has 4 heteroatoms. The topological polar surface area (TPSA) is 32.7 Å². The molecule has 1 saturated heterocycles. The molecule has 17 heavy (non-hydrogen) atoms. The third-order valence-corrected chi connectivity index (χ3v) is 4.95. The maximum Gasteiger partial charge on any atom is 0.0546 e. The van der Waals surface area contributed by atoms with E-state index in [0.717, 1.165) is 57.7 Å². The fourth-order valence-corrected chi connectivity index (χ4v) is 3.51. The normalized spacial score (nSPS) is 32.5. The predicted molar refractivity (Wildman–Crippen MR) is 72.6 cm³/mol. The highest BCUT2D eigenvalue weighted by molar-refractivity contribution is 7.80. The highest BCUT2D eigenvalue weighted by atomic mass is 32.1. The molecule has 1 saturated carbocycles. The number of ether oxygens (including phenoxy) is 1. The lowest BCUT2D eigenvalue weighted by atomic mass is 9.79. The SMILES string of the molecule is CN(CC1CC(O)C1)CC1(CS)CCOCC1. The van der Waals surface area contributed by atoms with Crippen LogP contribution in [0.1, 0.15) is 25.7 Å². The van der Waals surface area contributed by atoms with Crippen molar-refractivity contribution in [2.24, 2.45) is 11.3 Å². The van der Waals surface area contributed by atoms with E-state index < -0.39 is 0 Å². The van der Waals surface area contributed by atoms with Crippen LogP contribution in [0.5, 0.6) is 0 Å². The second kappa shape index (κ2) is 5.91. The Balaban J connectivity index is 1.77. The van der Waals surface area contributed by atoms with Crippen LogP contribution >= 0.6 is 12.6 Å². The lowest BCUT2D eigenvalue weighted by molar-refractivity contribution is -0.00472. The van der Waals surface area contributed by atoms with E-state index in [9.17, 15) is 5.11 Å². The molecule has 0 unspecified atom stereocenters. The smallest absolute Gasteiger partial charge is 0.0546 e. The van der Waals surface area contributed by atoms with Crippen LogP contribution in [0.25, 0.3) is 0 Å². The number of nitrogens with zero attached hydrogens (tertiary/aromatic N) is 1. The van der Waals surface area contributed by atoms with Gasteiger partial charge in [0.05, 0.1) is 6.10 Å². The van der Waals surface area contributed by atoms with Gasteiger partial charge in [-0.1, -0.05) is 0 Å². The van der Waals surface area contributed by atoms with Crippen molar-refractivity contribution in [1.29, 1.82) is 0 Å². The summed E-state index contributed by atoms with van der Waals surface area (Å²) in [6.45, 7) is 4.01. The van der Waals surface area contributed by atoms with E-state index in [1.54, 1.807) is 0 Å². The van der Waals surface area contributed by atoms with E-state index in [-0.39, 0.29) is 6.10 Å². The van der Waals surface area contributed by atoms with Crippen LogP contribution in [-0.4, -0.2) is 55.2 Å². The van der Waals surface area contributed by atoms with E-state index >= 15 is 0 Å². The first-order valence-electron chi connectivity index (χ1n) is 6.69. The number of rotatable bonds is 5. The molecule has 0 aromatic carbocycles. The van der Waals surface area contributed by atoms with Crippen LogP contribution in [0, 0.1) is 11.3 Å². The minimum atomic E-state index is -0.0321. The zero-order chi connectivity index (χ0) is 12.3. The molecule has 0 bridgehead atoms. The monoisotopic (exact) mass is 259 g/mol. The molecule has 3 nitrogen and oxygen atoms in total. The second-order valence-electron chi connectivity index (χ2n) is 5.96. The number of thiol groups is 1.